The highest BCUT2D eigenvalue weighted by Gasteiger charge is 2.04. The Bertz CT molecular complexity index is 645. The number of hydrogen-bond acceptors (Lipinski definition) is 5. The fourth-order valence-corrected chi connectivity index (χ4v) is 1.68. The Kier molecular flexibility index (Phi) is 4.85. The van der Waals surface area contributed by atoms with Gasteiger partial charge in [-0.05, 0) is 29.8 Å². The lowest BCUT2D eigenvalue weighted by Crippen LogP contribution is -2.30. The van der Waals surface area contributed by atoms with Crippen LogP contribution < -0.4 is 16.0 Å². The van der Waals surface area contributed by atoms with Crippen molar-refractivity contribution in [1.82, 2.24) is 10.4 Å². The number of carbonyl (C=O) groups excluding carboxylic acids is 1. The van der Waals surface area contributed by atoms with Crippen LogP contribution in [0, 0.1) is 11.3 Å². The average molecular weight is 282 g/mol. The summed E-state index contributed by atoms with van der Waals surface area (Å²) in [5, 5.41) is 8.59. The summed E-state index contributed by atoms with van der Waals surface area (Å²) in [5.41, 5.74) is 4.08. The maximum absolute atomic E-state index is 11.3. The molecule has 0 unspecified atom stereocenters. The average Bonchev–Trinajstić information content (AvgIpc) is 2.54. The van der Waals surface area contributed by atoms with Crippen molar-refractivity contribution < 1.29 is 9.53 Å². The zero-order valence-corrected chi connectivity index (χ0v) is 11.2. The molecule has 106 valence electrons. The van der Waals surface area contributed by atoms with Crippen LogP contribution in [0.25, 0.3) is 0 Å². The molecular weight excluding hydrogens is 268 g/mol. The second-order valence-corrected chi connectivity index (χ2v) is 4.28. The summed E-state index contributed by atoms with van der Waals surface area (Å²) in [6.45, 7) is 0.294. The monoisotopic (exact) mass is 282 g/mol. The van der Waals surface area contributed by atoms with E-state index in [-0.39, 0.29) is 5.91 Å². The van der Waals surface area contributed by atoms with Crippen LogP contribution in [0.5, 0.6) is 5.75 Å². The molecule has 0 aliphatic heterocycles. The third-order valence-electron chi connectivity index (χ3n) is 2.81. The molecule has 0 aliphatic rings. The smallest absolute Gasteiger partial charge is 0.266 e. The van der Waals surface area contributed by atoms with Gasteiger partial charge in [0.15, 0.2) is 0 Å². The fraction of sp³-hybridized carbons (Fsp3) is 0.133. The number of hydrazine groups is 1. The molecule has 6 nitrogen and oxygen atoms in total. The minimum atomic E-state index is -0.386. The van der Waals surface area contributed by atoms with Gasteiger partial charge in [-0.1, -0.05) is 12.1 Å². The van der Waals surface area contributed by atoms with Crippen molar-refractivity contribution in [3.8, 4) is 11.8 Å². The van der Waals surface area contributed by atoms with Crippen LogP contribution in [-0.2, 0) is 13.0 Å². The second-order valence-electron chi connectivity index (χ2n) is 4.28. The van der Waals surface area contributed by atoms with Gasteiger partial charge in [0.05, 0.1) is 23.7 Å². The number of nitrogens with zero attached hydrogens (tertiary/aromatic N) is 2. The first-order chi connectivity index (χ1) is 10.2. The van der Waals surface area contributed by atoms with Gasteiger partial charge in [-0.2, -0.15) is 5.26 Å². The van der Waals surface area contributed by atoms with E-state index in [9.17, 15) is 4.79 Å². The molecule has 1 amide bonds. The molecular formula is C15H14N4O2. The molecule has 0 aliphatic carbocycles. The lowest BCUT2D eigenvalue weighted by Gasteiger charge is -2.06. The second kappa shape index (κ2) is 7.03. The Labute approximate surface area is 122 Å². The van der Waals surface area contributed by atoms with Gasteiger partial charge >= 0.3 is 0 Å². The Morgan fingerprint density at radius 1 is 1.29 bits per heavy atom. The van der Waals surface area contributed by atoms with E-state index < -0.39 is 0 Å². The SMILES string of the molecule is N#CCc1ccc(OCc2ccc(C(=O)NN)cn2)cc1. The summed E-state index contributed by atoms with van der Waals surface area (Å²) in [7, 11) is 0. The molecule has 0 saturated heterocycles. The minimum absolute atomic E-state index is 0.294. The van der Waals surface area contributed by atoms with E-state index >= 15 is 0 Å². The molecule has 0 atom stereocenters. The number of rotatable bonds is 5. The van der Waals surface area contributed by atoms with Gasteiger partial charge in [0.1, 0.15) is 12.4 Å². The molecule has 0 bridgehead atoms. The molecule has 2 aromatic rings. The number of nitrogens with one attached hydrogen (secondary N) is 1. The van der Waals surface area contributed by atoms with E-state index in [4.69, 9.17) is 15.8 Å². The van der Waals surface area contributed by atoms with Crippen LogP contribution in [0.3, 0.4) is 0 Å². The number of nitrogen functional groups attached to an aromatic ring is 1. The normalized spacial score (nSPS) is 9.71. The van der Waals surface area contributed by atoms with Crippen LogP contribution in [0.2, 0.25) is 0 Å². The van der Waals surface area contributed by atoms with Gasteiger partial charge in [-0.3, -0.25) is 15.2 Å². The summed E-state index contributed by atoms with van der Waals surface area (Å²) in [5.74, 6) is 5.35. The number of nitrogens with two attached hydrogens (primary N) is 1. The van der Waals surface area contributed by atoms with Crippen molar-refractivity contribution in [3.63, 3.8) is 0 Å². The summed E-state index contributed by atoms with van der Waals surface area (Å²) >= 11 is 0. The molecule has 21 heavy (non-hydrogen) atoms. The Morgan fingerprint density at radius 3 is 2.62 bits per heavy atom. The Morgan fingerprint density at radius 2 is 2.05 bits per heavy atom. The maximum Gasteiger partial charge on any atom is 0.266 e. The van der Waals surface area contributed by atoms with Crippen molar-refractivity contribution in [3.05, 3.63) is 59.4 Å². The minimum Gasteiger partial charge on any atom is -0.487 e. The van der Waals surface area contributed by atoms with E-state index in [0.717, 1.165) is 5.56 Å². The number of pyridine rings is 1. The summed E-state index contributed by atoms with van der Waals surface area (Å²) in [4.78, 5) is 15.4. The third kappa shape index (κ3) is 4.03. The first kappa shape index (κ1) is 14.5. The lowest BCUT2D eigenvalue weighted by atomic mass is 10.2. The summed E-state index contributed by atoms with van der Waals surface area (Å²) in [6.07, 6.45) is 1.82. The number of nitriles is 1. The Hall–Kier alpha value is -2.91. The zero-order valence-electron chi connectivity index (χ0n) is 11.2. The lowest BCUT2D eigenvalue weighted by molar-refractivity contribution is 0.0953. The van der Waals surface area contributed by atoms with Gasteiger partial charge in [-0.25, -0.2) is 5.84 Å². The highest BCUT2D eigenvalue weighted by molar-refractivity contribution is 5.93. The van der Waals surface area contributed by atoms with Gasteiger partial charge < -0.3 is 4.74 Å². The van der Waals surface area contributed by atoms with E-state index in [1.54, 1.807) is 12.1 Å². The molecule has 3 N–H and O–H groups in total. The molecule has 0 saturated carbocycles. The first-order valence-electron chi connectivity index (χ1n) is 6.27. The quantitative estimate of drug-likeness (QED) is 0.489. The molecule has 6 heteroatoms. The van der Waals surface area contributed by atoms with Crippen molar-refractivity contribution in [1.29, 1.82) is 5.26 Å². The van der Waals surface area contributed by atoms with Crippen LogP contribution in [0.4, 0.5) is 0 Å². The molecule has 1 heterocycles. The van der Waals surface area contributed by atoms with Gasteiger partial charge in [0.25, 0.3) is 5.91 Å². The number of carbonyl (C=O) groups is 1. The van der Waals surface area contributed by atoms with Crippen LogP contribution in [-0.4, -0.2) is 10.9 Å². The molecule has 1 aromatic carbocycles. The topological polar surface area (TPSA) is 101 Å². The van der Waals surface area contributed by atoms with Crippen molar-refractivity contribution in [2.75, 3.05) is 0 Å². The molecule has 1 aromatic heterocycles. The van der Waals surface area contributed by atoms with E-state index in [1.807, 2.05) is 29.7 Å². The number of amides is 1. The fourth-order valence-electron chi connectivity index (χ4n) is 1.68. The predicted octanol–water partition coefficient (Wildman–Crippen LogP) is 1.33. The number of aromatic nitrogens is 1. The van der Waals surface area contributed by atoms with E-state index in [2.05, 4.69) is 11.1 Å². The summed E-state index contributed by atoms with van der Waals surface area (Å²) in [6, 6.07) is 12.7. The molecule has 2 rings (SSSR count). The maximum atomic E-state index is 11.3. The molecule has 0 radical (unpaired) electrons. The number of benzene rings is 1. The zero-order chi connectivity index (χ0) is 15.1. The van der Waals surface area contributed by atoms with Gasteiger partial charge in [0, 0.05) is 6.20 Å². The number of hydrogen-bond donors (Lipinski definition) is 2. The van der Waals surface area contributed by atoms with E-state index in [0.29, 0.717) is 30.0 Å². The van der Waals surface area contributed by atoms with Crippen LogP contribution >= 0.6 is 0 Å². The highest BCUT2D eigenvalue weighted by Crippen LogP contribution is 2.14. The largest absolute Gasteiger partial charge is 0.487 e. The number of ether oxygens (including phenoxy) is 1. The van der Waals surface area contributed by atoms with Crippen LogP contribution in [0.15, 0.2) is 42.6 Å². The highest BCUT2D eigenvalue weighted by atomic mass is 16.5. The summed E-state index contributed by atoms with van der Waals surface area (Å²) < 4.78 is 5.58. The van der Waals surface area contributed by atoms with Crippen molar-refractivity contribution >= 4 is 5.91 Å². The molecule has 0 fully saturated rings. The van der Waals surface area contributed by atoms with Crippen LogP contribution in [0.1, 0.15) is 21.6 Å². The van der Waals surface area contributed by atoms with Crippen molar-refractivity contribution in [2.24, 2.45) is 5.84 Å². The standard InChI is InChI=1S/C15H14N4O2/c16-8-7-11-1-5-14(6-2-11)21-10-13-4-3-12(9-18-13)15(20)19-17/h1-6,9H,7,10,17H2,(H,19,20). The van der Waals surface area contributed by atoms with E-state index in [1.165, 1.54) is 6.20 Å². The molecule has 0 spiro atoms. The van der Waals surface area contributed by atoms with Gasteiger partial charge in [0.2, 0.25) is 0 Å². The van der Waals surface area contributed by atoms with Crippen molar-refractivity contribution in [2.45, 2.75) is 13.0 Å². The van der Waals surface area contributed by atoms with Gasteiger partial charge in [-0.15, -0.1) is 0 Å². The Balaban J connectivity index is 1.93. The third-order valence-corrected chi connectivity index (χ3v) is 2.81. The predicted molar refractivity (Wildman–Crippen MR) is 76.0 cm³/mol. The first-order valence-corrected chi connectivity index (χ1v) is 6.27.